The molecule has 0 N–H and O–H groups in total. The fraction of sp³-hybridized carbons (Fsp3) is 0.280. The number of hydrogen-bond donors (Lipinski definition) is 0. The highest BCUT2D eigenvalue weighted by Crippen LogP contribution is 2.12. The highest BCUT2D eigenvalue weighted by atomic mass is 32.1. The van der Waals surface area contributed by atoms with Gasteiger partial charge in [-0.3, -0.25) is 9.59 Å². The maximum absolute atomic E-state index is 12.5. The molecule has 184 valence electrons. The van der Waals surface area contributed by atoms with Crippen LogP contribution < -0.4 is 0 Å². The molecule has 0 amide bonds. The van der Waals surface area contributed by atoms with E-state index in [0.717, 1.165) is 0 Å². The third-order valence-corrected chi connectivity index (χ3v) is 6.07. The predicted octanol–water partition coefficient (Wildman–Crippen LogP) is 2.70. The Labute approximate surface area is 214 Å². The number of rotatable bonds is 10. The van der Waals surface area contributed by atoms with E-state index in [2.05, 4.69) is 0 Å². The molecule has 0 fully saturated rings. The van der Waals surface area contributed by atoms with E-state index >= 15 is 0 Å². The number of carbonyl (C=O) groups excluding carboxylic acids is 4. The highest BCUT2D eigenvalue weighted by Gasteiger charge is 2.19. The first kappa shape index (κ1) is 27.7. The van der Waals surface area contributed by atoms with Gasteiger partial charge in [0.2, 0.25) is 0 Å². The third kappa shape index (κ3) is 7.76. The lowest BCUT2D eigenvalue weighted by Gasteiger charge is -2.21. The number of benzene rings is 2. The van der Waals surface area contributed by atoms with Crippen molar-refractivity contribution in [3.05, 3.63) is 70.8 Å². The van der Waals surface area contributed by atoms with Crippen molar-refractivity contribution in [1.29, 1.82) is 0 Å². The number of hydrogen-bond acceptors (Lipinski definition) is 8. The number of nitrogens with zero attached hydrogens (tertiary/aromatic N) is 2. The maximum atomic E-state index is 12.5. The van der Waals surface area contributed by atoms with Crippen molar-refractivity contribution in [3.8, 4) is 0 Å². The Morgan fingerprint density at radius 3 is 1.37 bits per heavy atom. The van der Waals surface area contributed by atoms with Crippen molar-refractivity contribution < 1.29 is 28.7 Å². The first-order valence-corrected chi connectivity index (χ1v) is 11.3. The number of methoxy groups -OCH3 is 2. The van der Waals surface area contributed by atoms with Crippen LogP contribution in [0.15, 0.2) is 48.5 Å². The summed E-state index contributed by atoms with van der Waals surface area (Å²) in [6, 6.07) is 13.2. The van der Waals surface area contributed by atoms with Crippen molar-refractivity contribution in [1.82, 2.24) is 9.80 Å². The topological polar surface area (TPSA) is 93.2 Å². The van der Waals surface area contributed by atoms with Gasteiger partial charge in [0, 0.05) is 25.2 Å². The summed E-state index contributed by atoms with van der Waals surface area (Å²) < 4.78 is 9.43. The van der Waals surface area contributed by atoms with E-state index in [1.807, 2.05) is 0 Å². The molecular weight excluding hydrogens is 488 g/mol. The van der Waals surface area contributed by atoms with E-state index in [1.54, 1.807) is 72.4 Å². The molecule has 0 bridgehead atoms. The Bertz CT molecular complexity index is 1070. The van der Waals surface area contributed by atoms with Gasteiger partial charge in [0.25, 0.3) is 0 Å². The van der Waals surface area contributed by atoms with Crippen molar-refractivity contribution in [2.45, 2.75) is 6.42 Å². The van der Waals surface area contributed by atoms with Gasteiger partial charge >= 0.3 is 11.9 Å². The van der Waals surface area contributed by atoms with E-state index in [-0.39, 0.29) is 31.1 Å². The minimum absolute atomic E-state index is 0.0671. The van der Waals surface area contributed by atoms with Crippen LogP contribution in [0.5, 0.6) is 0 Å². The molecule has 2 rings (SSSR count). The van der Waals surface area contributed by atoms with Gasteiger partial charge in [0.1, 0.15) is 9.98 Å². The lowest BCUT2D eigenvalue weighted by atomic mass is 10.1. The molecule has 0 atom stereocenters. The van der Waals surface area contributed by atoms with E-state index in [4.69, 9.17) is 33.9 Å². The molecule has 2 aromatic carbocycles. The first-order chi connectivity index (χ1) is 16.6. The summed E-state index contributed by atoms with van der Waals surface area (Å²) in [4.78, 5) is 52.3. The monoisotopic (exact) mass is 514 g/mol. The Kier molecular flexibility index (Phi) is 10.2. The van der Waals surface area contributed by atoms with Gasteiger partial charge in [-0.2, -0.15) is 0 Å². The summed E-state index contributed by atoms with van der Waals surface area (Å²) in [5, 5.41) is 0. The van der Waals surface area contributed by atoms with Crippen LogP contribution in [0.2, 0.25) is 0 Å². The molecule has 0 spiro atoms. The molecule has 0 aliphatic carbocycles. The lowest BCUT2D eigenvalue weighted by molar-refractivity contribution is -0.127. The van der Waals surface area contributed by atoms with Gasteiger partial charge in [-0.1, -0.05) is 48.7 Å². The minimum Gasteiger partial charge on any atom is -0.465 e. The molecule has 8 nitrogen and oxygen atoms in total. The fourth-order valence-corrected chi connectivity index (χ4v) is 3.62. The zero-order valence-corrected chi connectivity index (χ0v) is 21.5. The van der Waals surface area contributed by atoms with Crippen molar-refractivity contribution in [3.63, 3.8) is 0 Å². The smallest absolute Gasteiger partial charge is 0.337 e. The molecule has 0 saturated heterocycles. The van der Waals surface area contributed by atoms with E-state index in [9.17, 15) is 19.2 Å². The minimum atomic E-state index is -0.488. The van der Waals surface area contributed by atoms with Crippen molar-refractivity contribution in [2.24, 2.45) is 0 Å². The third-order valence-electron chi connectivity index (χ3n) is 4.98. The van der Waals surface area contributed by atoms with Crippen LogP contribution >= 0.6 is 24.4 Å². The molecule has 0 aliphatic heterocycles. The number of thiocarbonyl (C=S) groups is 2. The van der Waals surface area contributed by atoms with Crippen LogP contribution in [0.25, 0.3) is 0 Å². The van der Waals surface area contributed by atoms with Gasteiger partial charge in [0.15, 0.2) is 11.6 Å². The van der Waals surface area contributed by atoms with Gasteiger partial charge < -0.3 is 19.3 Å². The van der Waals surface area contributed by atoms with E-state index in [1.165, 1.54) is 14.2 Å². The zero-order chi connectivity index (χ0) is 26.1. The number of ketones is 2. The number of esters is 2. The van der Waals surface area contributed by atoms with Gasteiger partial charge in [-0.25, -0.2) is 9.59 Å². The molecule has 0 aromatic heterocycles. The summed E-state index contributed by atoms with van der Waals surface area (Å²) in [6.07, 6.45) is -0.287. The van der Waals surface area contributed by atoms with Crippen LogP contribution in [-0.4, -0.2) is 84.7 Å². The number of ether oxygens (including phenoxy) is 2. The quantitative estimate of drug-likeness (QED) is 0.268. The first-order valence-electron chi connectivity index (χ1n) is 10.5. The zero-order valence-electron chi connectivity index (χ0n) is 19.9. The van der Waals surface area contributed by atoms with Gasteiger partial charge in [-0.15, -0.1) is 0 Å². The molecule has 0 unspecified atom stereocenters. The summed E-state index contributed by atoms with van der Waals surface area (Å²) in [7, 11) is 5.87. The summed E-state index contributed by atoms with van der Waals surface area (Å²) in [5.74, 6) is -1.59. The van der Waals surface area contributed by atoms with Crippen LogP contribution in [0.4, 0.5) is 0 Å². The van der Waals surface area contributed by atoms with E-state index in [0.29, 0.717) is 32.2 Å². The molecule has 35 heavy (non-hydrogen) atoms. The molecule has 0 aliphatic rings. The van der Waals surface area contributed by atoms with Crippen LogP contribution in [0.3, 0.4) is 0 Å². The average Bonchev–Trinajstić information content (AvgIpc) is 2.86. The highest BCUT2D eigenvalue weighted by molar-refractivity contribution is 7.80. The number of likely N-dealkylation sites (N-methyl/N-ethyl adjacent to an activating group) is 2. The Hall–Kier alpha value is -3.50. The van der Waals surface area contributed by atoms with Gasteiger partial charge in [0.05, 0.1) is 44.9 Å². The van der Waals surface area contributed by atoms with Crippen LogP contribution in [0.1, 0.15) is 38.3 Å². The normalized spacial score (nSPS) is 10.2. The maximum Gasteiger partial charge on any atom is 0.337 e. The number of carbonyl (C=O) groups is 4. The lowest BCUT2D eigenvalue weighted by Crippen LogP contribution is -2.35. The second-order valence-electron chi connectivity index (χ2n) is 7.72. The molecule has 0 heterocycles. The second kappa shape index (κ2) is 12.8. The largest absolute Gasteiger partial charge is 0.465 e. The summed E-state index contributed by atoms with van der Waals surface area (Å²) in [6.45, 7) is -0.134. The SMILES string of the molecule is COC(=O)c1cccc(C(=S)N(C)CC(=O)CC(=O)CN(C)C(=S)c2cccc(C(=O)OC)c2)c1. The van der Waals surface area contributed by atoms with Crippen molar-refractivity contribution in [2.75, 3.05) is 41.4 Å². The van der Waals surface area contributed by atoms with E-state index < -0.39 is 11.9 Å². The molecule has 0 saturated carbocycles. The molecule has 0 radical (unpaired) electrons. The van der Waals surface area contributed by atoms with Crippen LogP contribution in [-0.2, 0) is 19.1 Å². The summed E-state index contributed by atoms with van der Waals surface area (Å²) >= 11 is 10.9. The van der Waals surface area contributed by atoms with Crippen LogP contribution in [0, 0.1) is 0 Å². The fourth-order valence-electron chi connectivity index (χ4n) is 3.24. The molecule has 2 aromatic rings. The molecular formula is C25H26N2O6S2. The average molecular weight is 515 g/mol. The summed E-state index contributed by atoms with van der Waals surface area (Å²) in [5.41, 5.74) is 1.87. The Morgan fingerprint density at radius 1 is 0.686 bits per heavy atom. The second-order valence-corrected chi connectivity index (χ2v) is 8.49. The van der Waals surface area contributed by atoms with Gasteiger partial charge in [-0.05, 0) is 24.3 Å². The Morgan fingerprint density at radius 2 is 1.03 bits per heavy atom. The molecule has 10 heteroatoms. The van der Waals surface area contributed by atoms with Crippen molar-refractivity contribution >= 4 is 57.9 Å². The standard InChI is InChI=1S/C25H26N2O6S2/c1-26(22(34)16-7-5-9-18(11-16)24(30)32-3)14-20(28)13-21(29)15-27(2)23(35)17-8-6-10-19(12-17)25(31)33-4/h5-12H,13-15H2,1-4H3. The predicted molar refractivity (Wildman–Crippen MR) is 139 cm³/mol. The number of Topliss-reactive ketones (excluding diaryl/α,β-unsaturated/α-hetero) is 2. The Balaban J connectivity index is 1.93.